The Hall–Kier alpha value is -2.77. The molecular formula is C31H35FO4S2. The van der Waals surface area contributed by atoms with Crippen LogP contribution in [0, 0.1) is 17.2 Å². The van der Waals surface area contributed by atoms with Gasteiger partial charge in [0.25, 0.3) is 0 Å². The molecule has 0 aliphatic heterocycles. The Morgan fingerprint density at radius 2 is 1.97 bits per heavy atom. The Balaban J connectivity index is 0.00000336. The number of carbonyl (C=O) groups is 1. The fraction of sp³-hybridized carbons (Fsp3) is 0.387. The fourth-order valence-electron chi connectivity index (χ4n) is 5.47. The zero-order chi connectivity index (χ0) is 26.2. The lowest BCUT2D eigenvalue weighted by atomic mass is 9.80. The Bertz CT molecular complexity index is 1340. The number of carboxylic acids is 1. The van der Waals surface area contributed by atoms with Gasteiger partial charge >= 0.3 is 5.97 Å². The van der Waals surface area contributed by atoms with E-state index in [0.29, 0.717) is 23.8 Å². The van der Waals surface area contributed by atoms with Crippen LogP contribution in [-0.2, 0) is 11.4 Å². The first-order valence-electron chi connectivity index (χ1n) is 12.9. The second-order valence-corrected chi connectivity index (χ2v) is 11.6. The molecule has 1 heterocycles. The SMILES string of the molecule is COc1ccc(F)c(-c2scc(COc3cccc([C@@H](CC(=O)O)C4CC4)c3)c2C2=CCCC2(C)C)c1.S. The molecule has 1 aromatic heterocycles. The molecule has 1 atom stereocenters. The molecule has 0 saturated heterocycles. The highest BCUT2D eigenvalue weighted by molar-refractivity contribution is 7.59. The maximum absolute atomic E-state index is 15.1. The molecule has 0 radical (unpaired) electrons. The summed E-state index contributed by atoms with van der Waals surface area (Å²) < 4.78 is 26.7. The van der Waals surface area contributed by atoms with Crippen LogP contribution in [0.2, 0.25) is 0 Å². The number of thiophene rings is 1. The van der Waals surface area contributed by atoms with Crippen LogP contribution in [0.25, 0.3) is 16.0 Å². The maximum atomic E-state index is 15.1. The predicted molar refractivity (Wildman–Crippen MR) is 156 cm³/mol. The van der Waals surface area contributed by atoms with Crippen molar-refractivity contribution < 1.29 is 23.8 Å². The molecule has 7 heteroatoms. The molecule has 4 nitrogen and oxygen atoms in total. The topological polar surface area (TPSA) is 55.8 Å². The fourth-order valence-corrected chi connectivity index (χ4v) is 6.56. The molecule has 1 N–H and O–H groups in total. The maximum Gasteiger partial charge on any atom is 0.303 e. The van der Waals surface area contributed by atoms with Gasteiger partial charge in [0.2, 0.25) is 0 Å². The van der Waals surface area contributed by atoms with Crippen LogP contribution >= 0.6 is 24.8 Å². The largest absolute Gasteiger partial charge is 0.497 e. The van der Waals surface area contributed by atoms with Crippen molar-refractivity contribution in [1.82, 2.24) is 0 Å². The first kappa shape index (κ1) is 28.2. The van der Waals surface area contributed by atoms with Crippen LogP contribution in [0.15, 0.2) is 53.9 Å². The van der Waals surface area contributed by atoms with Gasteiger partial charge in [-0.1, -0.05) is 32.1 Å². The average molecular weight is 555 g/mol. The van der Waals surface area contributed by atoms with Gasteiger partial charge in [-0.05, 0) is 89.8 Å². The Morgan fingerprint density at radius 1 is 1.18 bits per heavy atom. The van der Waals surface area contributed by atoms with E-state index >= 15 is 4.39 Å². The molecule has 0 bridgehead atoms. The summed E-state index contributed by atoms with van der Waals surface area (Å²) in [5.74, 6) is 0.758. The van der Waals surface area contributed by atoms with E-state index in [-0.39, 0.29) is 37.1 Å². The number of allylic oxidation sites excluding steroid dienone is 2. The molecule has 0 amide bonds. The zero-order valence-electron chi connectivity index (χ0n) is 22.1. The number of methoxy groups -OCH3 is 1. The van der Waals surface area contributed by atoms with Crippen LogP contribution in [0.3, 0.4) is 0 Å². The zero-order valence-corrected chi connectivity index (χ0v) is 23.9. The lowest BCUT2D eigenvalue weighted by Crippen LogP contribution is -2.11. The highest BCUT2D eigenvalue weighted by atomic mass is 32.1. The molecule has 38 heavy (non-hydrogen) atoms. The molecule has 202 valence electrons. The summed E-state index contributed by atoms with van der Waals surface area (Å²) in [7, 11) is 1.59. The van der Waals surface area contributed by atoms with E-state index in [9.17, 15) is 9.90 Å². The third-order valence-corrected chi connectivity index (χ3v) is 8.73. The second-order valence-electron chi connectivity index (χ2n) is 10.8. The van der Waals surface area contributed by atoms with Crippen molar-refractivity contribution >= 4 is 36.4 Å². The molecule has 3 aromatic rings. The van der Waals surface area contributed by atoms with Gasteiger partial charge in [-0.2, -0.15) is 13.5 Å². The van der Waals surface area contributed by atoms with Gasteiger partial charge in [0.1, 0.15) is 23.9 Å². The monoisotopic (exact) mass is 554 g/mol. The second kappa shape index (κ2) is 11.5. The Labute approximate surface area is 235 Å². The Morgan fingerprint density at radius 3 is 2.63 bits per heavy atom. The van der Waals surface area contributed by atoms with E-state index < -0.39 is 5.97 Å². The van der Waals surface area contributed by atoms with Crippen molar-refractivity contribution in [2.24, 2.45) is 11.3 Å². The van der Waals surface area contributed by atoms with Gasteiger partial charge in [0.05, 0.1) is 13.5 Å². The van der Waals surface area contributed by atoms with Gasteiger partial charge in [-0.3, -0.25) is 4.79 Å². The molecule has 2 aliphatic carbocycles. The highest BCUT2D eigenvalue weighted by Gasteiger charge is 2.34. The molecule has 1 fully saturated rings. The van der Waals surface area contributed by atoms with Crippen LogP contribution in [0.4, 0.5) is 4.39 Å². The summed E-state index contributed by atoms with van der Waals surface area (Å²) in [6.07, 6.45) is 6.62. The van der Waals surface area contributed by atoms with Gasteiger partial charge in [-0.25, -0.2) is 4.39 Å². The van der Waals surface area contributed by atoms with Crippen molar-refractivity contribution in [3.8, 4) is 21.9 Å². The number of rotatable bonds is 10. The smallest absolute Gasteiger partial charge is 0.303 e. The molecule has 0 spiro atoms. The molecule has 5 rings (SSSR count). The van der Waals surface area contributed by atoms with Gasteiger partial charge in [-0.15, -0.1) is 11.3 Å². The van der Waals surface area contributed by atoms with E-state index in [1.54, 1.807) is 19.2 Å². The number of benzene rings is 2. The third-order valence-electron chi connectivity index (χ3n) is 7.67. The standard InChI is InChI=1S/C31H33FO4S.H2S/c1-31(2)13-5-8-26(31)29-21(18-37-30(29)25-15-22(35-3)11-12-27(25)32)17-36-23-7-4-6-20(14-23)24(16-28(33)34)19-9-10-19;/h4,6-8,11-12,14-15,18-19,24H,5,9-10,13,16-17H2,1-3H3,(H,33,34);1H2/t24-;/m0./s1. The molecule has 2 aliphatic rings. The lowest BCUT2D eigenvalue weighted by molar-refractivity contribution is -0.137. The molecule has 2 aromatic carbocycles. The summed E-state index contributed by atoms with van der Waals surface area (Å²) >= 11 is 1.53. The van der Waals surface area contributed by atoms with Crippen LogP contribution in [-0.4, -0.2) is 18.2 Å². The first-order valence-corrected chi connectivity index (χ1v) is 13.7. The number of ether oxygens (including phenoxy) is 2. The minimum absolute atomic E-state index is 0. The van der Waals surface area contributed by atoms with Crippen LogP contribution in [0.5, 0.6) is 11.5 Å². The Kier molecular flexibility index (Phi) is 8.58. The van der Waals surface area contributed by atoms with Crippen molar-refractivity contribution in [1.29, 1.82) is 0 Å². The predicted octanol–water partition coefficient (Wildman–Crippen LogP) is 8.43. The molecule has 1 saturated carbocycles. The quantitative estimate of drug-likeness (QED) is 0.273. The number of aliphatic carboxylic acids is 1. The molecular weight excluding hydrogens is 519 g/mol. The minimum Gasteiger partial charge on any atom is -0.497 e. The summed E-state index contributed by atoms with van der Waals surface area (Å²) in [5.41, 5.74) is 4.85. The van der Waals surface area contributed by atoms with Gasteiger partial charge in [0, 0.05) is 21.6 Å². The van der Waals surface area contributed by atoms with E-state index in [1.165, 1.54) is 23.0 Å². The average Bonchev–Trinajstić information content (AvgIpc) is 3.54. The van der Waals surface area contributed by atoms with Crippen molar-refractivity contribution in [2.75, 3.05) is 7.11 Å². The van der Waals surface area contributed by atoms with E-state index in [0.717, 1.165) is 53.0 Å². The van der Waals surface area contributed by atoms with Crippen LogP contribution < -0.4 is 9.47 Å². The van der Waals surface area contributed by atoms with Gasteiger partial charge < -0.3 is 14.6 Å². The number of hydrogen-bond donors (Lipinski definition) is 1. The van der Waals surface area contributed by atoms with Gasteiger partial charge in [0.15, 0.2) is 0 Å². The summed E-state index contributed by atoms with van der Waals surface area (Å²) in [4.78, 5) is 12.3. The summed E-state index contributed by atoms with van der Waals surface area (Å²) in [5, 5.41) is 11.5. The van der Waals surface area contributed by atoms with E-state index in [2.05, 4.69) is 25.3 Å². The van der Waals surface area contributed by atoms with Crippen LogP contribution in [0.1, 0.15) is 68.6 Å². The van der Waals surface area contributed by atoms with Crippen molar-refractivity contribution in [2.45, 2.75) is 58.5 Å². The third kappa shape index (κ3) is 5.94. The lowest BCUT2D eigenvalue weighted by Gasteiger charge is -2.24. The first-order chi connectivity index (χ1) is 17.8. The van der Waals surface area contributed by atoms with Crippen molar-refractivity contribution in [3.63, 3.8) is 0 Å². The summed E-state index contributed by atoms with van der Waals surface area (Å²) in [6, 6.07) is 12.7. The highest BCUT2D eigenvalue weighted by Crippen LogP contribution is 2.51. The summed E-state index contributed by atoms with van der Waals surface area (Å²) in [6.45, 7) is 4.83. The van der Waals surface area contributed by atoms with E-state index in [1.807, 2.05) is 24.3 Å². The number of halogens is 1. The van der Waals surface area contributed by atoms with E-state index in [4.69, 9.17) is 9.47 Å². The number of hydrogen-bond acceptors (Lipinski definition) is 4. The minimum atomic E-state index is -0.768. The normalized spacial score (nSPS) is 16.9. The molecule has 0 unspecified atom stereocenters. The number of carboxylic acid groups (broad SMARTS) is 1. The van der Waals surface area contributed by atoms with Crippen molar-refractivity contribution in [3.05, 3.63) is 76.4 Å².